The molecule has 2 unspecified atom stereocenters. The van der Waals surface area contributed by atoms with Crippen molar-refractivity contribution in [3.8, 4) is 0 Å². The van der Waals surface area contributed by atoms with E-state index in [1.54, 1.807) is 0 Å². The average molecular weight is 286 g/mol. The highest BCUT2D eigenvalue weighted by atomic mass is 35.5. The third-order valence-electron chi connectivity index (χ3n) is 3.79. The first kappa shape index (κ1) is 14.2. The number of hydrogen-bond acceptors (Lipinski definition) is 1. The van der Waals surface area contributed by atoms with Crippen LogP contribution in [0.15, 0.2) is 18.2 Å². The van der Waals surface area contributed by atoms with Gasteiger partial charge in [-0.2, -0.15) is 0 Å². The molecule has 1 aromatic carbocycles. The highest BCUT2D eigenvalue weighted by Gasteiger charge is 2.18. The molecular formula is C15H21Cl2N. The van der Waals surface area contributed by atoms with Gasteiger partial charge in [0.1, 0.15) is 0 Å². The second-order valence-electron chi connectivity index (χ2n) is 5.52. The molecule has 0 saturated heterocycles. The maximum Gasteiger partial charge on any atom is 0.0595 e. The van der Waals surface area contributed by atoms with Crippen molar-refractivity contribution >= 4 is 23.2 Å². The first-order valence-corrected chi connectivity index (χ1v) is 7.55. The smallest absolute Gasteiger partial charge is 0.0595 e. The average Bonchev–Trinajstić information content (AvgIpc) is 2.34. The van der Waals surface area contributed by atoms with E-state index >= 15 is 0 Å². The van der Waals surface area contributed by atoms with E-state index in [4.69, 9.17) is 23.2 Å². The molecule has 2 rings (SSSR count). The van der Waals surface area contributed by atoms with Gasteiger partial charge in [0.15, 0.2) is 0 Å². The Hall–Kier alpha value is -0.240. The number of halogens is 2. The Morgan fingerprint density at radius 2 is 2.06 bits per heavy atom. The van der Waals surface area contributed by atoms with Gasteiger partial charge >= 0.3 is 0 Å². The van der Waals surface area contributed by atoms with E-state index in [1.807, 2.05) is 18.2 Å². The summed E-state index contributed by atoms with van der Waals surface area (Å²) in [5.74, 6) is 1.74. The molecule has 1 N–H and O–H groups in total. The molecule has 0 aromatic heterocycles. The molecule has 1 fully saturated rings. The molecule has 0 aliphatic heterocycles. The van der Waals surface area contributed by atoms with Crippen LogP contribution in [0.3, 0.4) is 0 Å². The minimum Gasteiger partial charge on any atom is -0.312 e. The summed E-state index contributed by atoms with van der Waals surface area (Å²) < 4.78 is 0. The third-order valence-corrected chi connectivity index (χ3v) is 4.53. The molecule has 1 aliphatic rings. The summed E-state index contributed by atoms with van der Waals surface area (Å²) in [6.45, 7) is 4.36. The Morgan fingerprint density at radius 3 is 2.78 bits per heavy atom. The molecule has 1 aromatic rings. The van der Waals surface area contributed by atoms with Crippen LogP contribution < -0.4 is 5.32 Å². The molecule has 1 saturated carbocycles. The molecule has 0 spiro atoms. The van der Waals surface area contributed by atoms with E-state index in [0.717, 1.165) is 24.9 Å². The fourth-order valence-electron chi connectivity index (χ4n) is 2.82. The zero-order valence-electron chi connectivity index (χ0n) is 10.9. The van der Waals surface area contributed by atoms with Crippen LogP contribution in [-0.2, 0) is 6.54 Å². The van der Waals surface area contributed by atoms with E-state index in [1.165, 1.54) is 31.2 Å². The summed E-state index contributed by atoms with van der Waals surface area (Å²) in [6, 6.07) is 5.84. The van der Waals surface area contributed by atoms with Crippen LogP contribution >= 0.6 is 23.2 Å². The maximum atomic E-state index is 6.00. The number of rotatable bonds is 4. The number of benzene rings is 1. The SMILES string of the molecule is CC1CCCC(CNCc2ccc(Cl)c(Cl)c2)C1. The fraction of sp³-hybridized carbons (Fsp3) is 0.600. The van der Waals surface area contributed by atoms with Crippen molar-refractivity contribution in [2.75, 3.05) is 6.54 Å². The Labute approximate surface area is 120 Å². The lowest BCUT2D eigenvalue weighted by Crippen LogP contribution is -2.26. The molecule has 0 heterocycles. The molecule has 1 nitrogen and oxygen atoms in total. The van der Waals surface area contributed by atoms with Crippen molar-refractivity contribution in [2.24, 2.45) is 11.8 Å². The molecule has 0 bridgehead atoms. The lowest BCUT2D eigenvalue weighted by atomic mass is 9.82. The standard InChI is InChI=1S/C15H21Cl2N/c1-11-3-2-4-12(7-11)9-18-10-13-5-6-14(16)15(17)8-13/h5-6,8,11-12,18H,2-4,7,9-10H2,1H3. The third kappa shape index (κ3) is 4.15. The van der Waals surface area contributed by atoms with Gasteiger partial charge in [-0.1, -0.05) is 49.0 Å². The fourth-order valence-corrected chi connectivity index (χ4v) is 3.14. The number of nitrogens with one attached hydrogen (secondary N) is 1. The molecule has 0 radical (unpaired) electrons. The summed E-state index contributed by atoms with van der Waals surface area (Å²) >= 11 is 11.9. The Morgan fingerprint density at radius 1 is 1.22 bits per heavy atom. The summed E-state index contributed by atoms with van der Waals surface area (Å²) in [5.41, 5.74) is 1.20. The van der Waals surface area contributed by atoms with E-state index in [-0.39, 0.29) is 0 Å². The predicted molar refractivity (Wildman–Crippen MR) is 79.3 cm³/mol. The second kappa shape index (κ2) is 6.79. The van der Waals surface area contributed by atoms with Gasteiger partial charge in [0.25, 0.3) is 0 Å². The van der Waals surface area contributed by atoms with Crippen LogP contribution in [0.5, 0.6) is 0 Å². The first-order valence-electron chi connectivity index (χ1n) is 6.80. The van der Waals surface area contributed by atoms with Crippen molar-refractivity contribution in [2.45, 2.75) is 39.2 Å². The molecule has 1 aliphatic carbocycles. The molecular weight excluding hydrogens is 265 g/mol. The summed E-state index contributed by atoms with van der Waals surface area (Å²) in [4.78, 5) is 0. The van der Waals surface area contributed by atoms with E-state index in [9.17, 15) is 0 Å². The van der Waals surface area contributed by atoms with Crippen molar-refractivity contribution in [1.29, 1.82) is 0 Å². The molecule has 18 heavy (non-hydrogen) atoms. The van der Waals surface area contributed by atoms with E-state index in [0.29, 0.717) is 10.0 Å². The van der Waals surface area contributed by atoms with Gasteiger partial charge in [0.05, 0.1) is 10.0 Å². The summed E-state index contributed by atoms with van der Waals surface area (Å²) in [7, 11) is 0. The zero-order valence-corrected chi connectivity index (χ0v) is 12.4. The molecule has 3 heteroatoms. The summed E-state index contributed by atoms with van der Waals surface area (Å²) in [6.07, 6.45) is 5.54. The van der Waals surface area contributed by atoms with Crippen LogP contribution in [0.2, 0.25) is 10.0 Å². The normalized spacial score (nSPS) is 24.2. The minimum atomic E-state index is 0.626. The predicted octanol–water partition coefficient (Wildman–Crippen LogP) is 4.91. The second-order valence-corrected chi connectivity index (χ2v) is 6.33. The highest BCUT2D eigenvalue weighted by molar-refractivity contribution is 6.42. The van der Waals surface area contributed by atoms with Crippen molar-refractivity contribution < 1.29 is 0 Å². The van der Waals surface area contributed by atoms with Crippen LogP contribution in [0.4, 0.5) is 0 Å². The highest BCUT2D eigenvalue weighted by Crippen LogP contribution is 2.28. The number of hydrogen-bond donors (Lipinski definition) is 1. The van der Waals surface area contributed by atoms with E-state index in [2.05, 4.69) is 12.2 Å². The first-order chi connectivity index (χ1) is 8.65. The van der Waals surface area contributed by atoms with Gasteiger partial charge < -0.3 is 5.32 Å². The zero-order chi connectivity index (χ0) is 13.0. The topological polar surface area (TPSA) is 12.0 Å². The minimum absolute atomic E-state index is 0.626. The lowest BCUT2D eigenvalue weighted by Gasteiger charge is -2.26. The Balaban J connectivity index is 1.76. The molecule has 100 valence electrons. The Bertz CT molecular complexity index is 392. The van der Waals surface area contributed by atoms with Gasteiger partial charge in [-0.05, 0) is 48.9 Å². The van der Waals surface area contributed by atoms with Crippen molar-refractivity contribution in [1.82, 2.24) is 5.32 Å². The molecule has 2 atom stereocenters. The van der Waals surface area contributed by atoms with Crippen molar-refractivity contribution in [3.63, 3.8) is 0 Å². The summed E-state index contributed by atoms with van der Waals surface area (Å²) in [5, 5.41) is 4.80. The van der Waals surface area contributed by atoms with Crippen molar-refractivity contribution in [3.05, 3.63) is 33.8 Å². The molecule has 0 amide bonds. The van der Waals surface area contributed by atoms with Gasteiger partial charge in [-0.25, -0.2) is 0 Å². The van der Waals surface area contributed by atoms with Crippen LogP contribution in [-0.4, -0.2) is 6.54 Å². The van der Waals surface area contributed by atoms with Gasteiger partial charge in [0, 0.05) is 6.54 Å². The van der Waals surface area contributed by atoms with Gasteiger partial charge in [-0.15, -0.1) is 0 Å². The van der Waals surface area contributed by atoms with Gasteiger partial charge in [0.2, 0.25) is 0 Å². The van der Waals surface area contributed by atoms with Crippen LogP contribution in [0, 0.1) is 11.8 Å². The lowest BCUT2D eigenvalue weighted by molar-refractivity contribution is 0.274. The Kier molecular flexibility index (Phi) is 5.35. The maximum absolute atomic E-state index is 6.00. The monoisotopic (exact) mass is 285 g/mol. The van der Waals surface area contributed by atoms with E-state index < -0.39 is 0 Å². The van der Waals surface area contributed by atoms with Gasteiger partial charge in [-0.3, -0.25) is 0 Å². The largest absolute Gasteiger partial charge is 0.312 e. The van der Waals surface area contributed by atoms with Crippen LogP contribution in [0.25, 0.3) is 0 Å². The van der Waals surface area contributed by atoms with Crippen LogP contribution in [0.1, 0.15) is 38.2 Å². The quantitative estimate of drug-likeness (QED) is 0.829.